The molecule has 1 aliphatic heterocycles. The van der Waals surface area contributed by atoms with E-state index in [9.17, 15) is 14.4 Å². The number of imide groups is 2. The van der Waals surface area contributed by atoms with E-state index in [1.165, 1.54) is 0 Å². The summed E-state index contributed by atoms with van der Waals surface area (Å²) in [6, 6.07) is -0.642. The van der Waals surface area contributed by atoms with E-state index < -0.39 is 17.4 Å². The monoisotopic (exact) mass is 248 g/mol. The van der Waals surface area contributed by atoms with Gasteiger partial charge >= 0.3 is 6.03 Å². The van der Waals surface area contributed by atoms with Crippen molar-refractivity contribution in [3.05, 3.63) is 0 Å². The maximum atomic E-state index is 12.4. The van der Waals surface area contributed by atoms with Gasteiger partial charge in [-0.25, -0.2) is 4.79 Å². The first-order valence-electron chi connectivity index (χ1n) is 6.23. The zero-order chi connectivity index (χ0) is 13.2. The lowest BCUT2D eigenvalue weighted by Crippen LogP contribution is -2.64. The summed E-state index contributed by atoms with van der Waals surface area (Å²) in [5.41, 5.74) is -1.03. The fourth-order valence-electron chi connectivity index (χ4n) is 2.71. The zero-order valence-electron chi connectivity index (χ0n) is 10.2. The Morgan fingerprint density at radius 3 is 2.50 bits per heavy atom. The van der Waals surface area contributed by atoms with E-state index in [1.54, 1.807) is 0 Å². The number of urea groups is 1. The van der Waals surface area contributed by atoms with Crippen LogP contribution in [0.2, 0.25) is 0 Å². The van der Waals surface area contributed by atoms with E-state index in [4.69, 9.17) is 6.42 Å². The molecular formula is C13H16N2O3. The molecule has 1 spiro atoms. The molecule has 18 heavy (non-hydrogen) atoms. The van der Waals surface area contributed by atoms with Crippen LogP contribution in [0.15, 0.2) is 0 Å². The van der Waals surface area contributed by atoms with Gasteiger partial charge in [0.1, 0.15) is 5.41 Å². The topological polar surface area (TPSA) is 66.5 Å². The van der Waals surface area contributed by atoms with Crippen molar-refractivity contribution in [2.24, 2.45) is 5.41 Å². The number of hydrogen-bond acceptors (Lipinski definition) is 3. The Bertz CT molecular complexity index is 430. The van der Waals surface area contributed by atoms with Gasteiger partial charge in [0, 0.05) is 13.0 Å². The van der Waals surface area contributed by atoms with Crippen LogP contribution in [0.5, 0.6) is 0 Å². The third kappa shape index (κ3) is 1.88. The van der Waals surface area contributed by atoms with Crippen LogP contribution in [0.25, 0.3) is 0 Å². The summed E-state index contributed by atoms with van der Waals surface area (Å²) >= 11 is 0. The zero-order valence-corrected chi connectivity index (χ0v) is 10.2. The average Bonchev–Trinajstić information content (AvgIpc) is 2.38. The van der Waals surface area contributed by atoms with Gasteiger partial charge in [-0.3, -0.25) is 19.8 Å². The Labute approximate surface area is 106 Å². The normalized spacial score (nSPS) is 22.8. The highest BCUT2D eigenvalue weighted by molar-refractivity contribution is 6.19. The number of nitrogens with zero attached hydrogens (tertiary/aromatic N) is 1. The molecule has 2 fully saturated rings. The first kappa shape index (κ1) is 12.6. The molecule has 0 aromatic carbocycles. The van der Waals surface area contributed by atoms with Gasteiger partial charge in [0.2, 0.25) is 11.8 Å². The molecule has 2 aliphatic rings. The van der Waals surface area contributed by atoms with E-state index in [2.05, 4.69) is 11.2 Å². The SMILES string of the molecule is C#CCCN1C(=O)NC(=O)C2(CCCCC2)C1=O. The summed E-state index contributed by atoms with van der Waals surface area (Å²) in [6.45, 7) is 0.177. The molecule has 0 aromatic rings. The molecule has 4 amide bonds. The first-order valence-corrected chi connectivity index (χ1v) is 6.23. The Hall–Kier alpha value is -1.83. The fraction of sp³-hybridized carbons (Fsp3) is 0.615. The van der Waals surface area contributed by atoms with Gasteiger partial charge in [-0.05, 0) is 12.8 Å². The molecule has 5 heteroatoms. The molecule has 0 bridgehead atoms. The molecule has 1 aliphatic carbocycles. The molecule has 0 radical (unpaired) electrons. The largest absolute Gasteiger partial charge is 0.330 e. The van der Waals surface area contributed by atoms with Crippen LogP contribution in [-0.2, 0) is 9.59 Å². The molecule has 5 nitrogen and oxygen atoms in total. The Morgan fingerprint density at radius 2 is 1.89 bits per heavy atom. The van der Waals surface area contributed by atoms with Crippen molar-refractivity contribution in [2.45, 2.75) is 38.5 Å². The van der Waals surface area contributed by atoms with Crippen molar-refractivity contribution >= 4 is 17.8 Å². The van der Waals surface area contributed by atoms with Crippen LogP contribution in [0.4, 0.5) is 4.79 Å². The smallest absolute Gasteiger partial charge is 0.277 e. The Kier molecular flexibility index (Phi) is 3.37. The van der Waals surface area contributed by atoms with Gasteiger partial charge in [0.25, 0.3) is 0 Å². The van der Waals surface area contributed by atoms with Gasteiger partial charge in [-0.2, -0.15) is 0 Å². The highest BCUT2D eigenvalue weighted by Gasteiger charge is 2.53. The van der Waals surface area contributed by atoms with Crippen molar-refractivity contribution in [1.29, 1.82) is 0 Å². The second-order valence-electron chi connectivity index (χ2n) is 4.81. The lowest BCUT2D eigenvalue weighted by Gasteiger charge is -2.41. The summed E-state index contributed by atoms with van der Waals surface area (Å²) in [5.74, 6) is 1.59. The van der Waals surface area contributed by atoms with Crippen LogP contribution in [-0.4, -0.2) is 29.3 Å². The average molecular weight is 248 g/mol. The Morgan fingerprint density at radius 1 is 1.22 bits per heavy atom. The summed E-state index contributed by atoms with van der Waals surface area (Å²) in [5, 5.41) is 2.29. The minimum Gasteiger partial charge on any atom is -0.277 e. The number of carbonyl (C=O) groups is 3. The highest BCUT2D eigenvalue weighted by Crippen LogP contribution is 2.40. The Balaban J connectivity index is 2.25. The van der Waals surface area contributed by atoms with Crippen LogP contribution >= 0.6 is 0 Å². The van der Waals surface area contributed by atoms with Crippen molar-refractivity contribution in [3.8, 4) is 12.3 Å². The van der Waals surface area contributed by atoms with Gasteiger partial charge in [0.05, 0.1) is 0 Å². The third-order valence-electron chi connectivity index (χ3n) is 3.74. The molecule has 0 atom stereocenters. The second kappa shape index (κ2) is 4.81. The van der Waals surface area contributed by atoms with E-state index in [-0.39, 0.29) is 12.5 Å². The number of terminal acetylenes is 1. The molecule has 1 saturated carbocycles. The minimum absolute atomic E-state index is 0.177. The van der Waals surface area contributed by atoms with Crippen molar-refractivity contribution in [2.75, 3.05) is 6.54 Å². The fourth-order valence-corrected chi connectivity index (χ4v) is 2.71. The molecule has 1 saturated heterocycles. The summed E-state index contributed by atoms with van der Waals surface area (Å²) < 4.78 is 0. The van der Waals surface area contributed by atoms with Crippen LogP contribution in [0, 0.1) is 17.8 Å². The lowest BCUT2D eigenvalue weighted by molar-refractivity contribution is -0.153. The van der Waals surface area contributed by atoms with E-state index in [1.807, 2.05) is 0 Å². The minimum atomic E-state index is -1.03. The number of hydrogen-bond donors (Lipinski definition) is 1. The first-order chi connectivity index (χ1) is 8.62. The molecule has 96 valence electrons. The number of rotatable bonds is 2. The predicted octanol–water partition coefficient (Wildman–Crippen LogP) is 1.04. The van der Waals surface area contributed by atoms with E-state index in [0.717, 1.165) is 24.2 Å². The van der Waals surface area contributed by atoms with Gasteiger partial charge < -0.3 is 0 Å². The van der Waals surface area contributed by atoms with E-state index in [0.29, 0.717) is 19.3 Å². The van der Waals surface area contributed by atoms with Crippen LogP contribution in [0.1, 0.15) is 38.5 Å². The van der Waals surface area contributed by atoms with E-state index >= 15 is 0 Å². The van der Waals surface area contributed by atoms with Gasteiger partial charge in [-0.15, -0.1) is 12.3 Å². The molecule has 1 heterocycles. The predicted molar refractivity (Wildman–Crippen MR) is 64.2 cm³/mol. The third-order valence-corrected chi connectivity index (χ3v) is 3.74. The number of carbonyl (C=O) groups excluding carboxylic acids is 3. The van der Waals surface area contributed by atoms with Gasteiger partial charge in [-0.1, -0.05) is 19.3 Å². The summed E-state index contributed by atoms with van der Waals surface area (Å²) in [6.07, 6.45) is 9.22. The second-order valence-corrected chi connectivity index (χ2v) is 4.81. The quantitative estimate of drug-likeness (QED) is 0.586. The van der Waals surface area contributed by atoms with Crippen LogP contribution in [0.3, 0.4) is 0 Å². The van der Waals surface area contributed by atoms with Crippen molar-refractivity contribution < 1.29 is 14.4 Å². The number of nitrogens with one attached hydrogen (secondary N) is 1. The van der Waals surface area contributed by atoms with Crippen LogP contribution < -0.4 is 5.32 Å². The standard InChI is InChI=1S/C13H16N2O3/c1-2-3-9-15-11(17)13(7-5-4-6-8-13)10(16)14-12(15)18/h1H,3-9H2,(H,14,16,18). The highest BCUT2D eigenvalue weighted by atomic mass is 16.2. The van der Waals surface area contributed by atoms with Crippen molar-refractivity contribution in [3.63, 3.8) is 0 Å². The summed E-state index contributed by atoms with van der Waals surface area (Å²) in [7, 11) is 0. The summed E-state index contributed by atoms with van der Waals surface area (Å²) in [4.78, 5) is 37.1. The number of amides is 4. The molecule has 0 aromatic heterocycles. The maximum absolute atomic E-state index is 12.4. The van der Waals surface area contributed by atoms with Gasteiger partial charge in [0.15, 0.2) is 0 Å². The number of barbiturate groups is 1. The molecule has 1 N–H and O–H groups in total. The lowest BCUT2D eigenvalue weighted by atomic mass is 9.71. The molecular weight excluding hydrogens is 232 g/mol. The van der Waals surface area contributed by atoms with Crippen molar-refractivity contribution in [1.82, 2.24) is 10.2 Å². The molecule has 2 rings (SSSR count). The maximum Gasteiger partial charge on any atom is 0.330 e. The molecule has 0 unspecified atom stereocenters.